The van der Waals surface area contributed by atoms with Gasteiger partial charge in [-0.15, -0.1) is 0 Å². The third kappa shape index (κ3) is 5.47. The zero-order chi connectivity index (χ0) is 30.1. The van der Waals surface area contributed by atoms with Crippen molar-refractivity contribution in [3.05, 3.63) is 125 Å². The van der Waals surface area contributed by atoms with Gasteiger partial charge < -0.3 is 14.6 Å². The Kier molecular flexibility index (Phi) is 7.65. The van der Waals surface area contributed by atoms with E-state index in [1.54, 1.807) is 18.2 Å². The number of benzene rings is 4. The Morgan fingerprint density at radius 2 is 1.72 bits per heavy atom. The molecule has 216 valence electrons. The average molecular weight is 595 g/mol. The predicted octanol–water partition coefficient (Wildman–Crippen LogP) is 7.35. The molecule has 1 fully saturated rings. The first-order valence-electron chi connectivity index (χ1n) is 13.7. The van der Waals surface area contributed by atoms with Gasteiger partial charge in [0, 0.05) is 5.56 Å². The van der Waals surface area contributed by atoms with Crippen LogP contribution in [-0.4, -0.2) is 28.4 Å². The Balaban J connectivity index is 1.49. The number of nitrogens with zero attached hydrogens (tertiary/aromatic N) is 2. The molecular weight excluding hydrogens is 567 g/mol. The molecule has 0 aliphatic carbocycles. The van der Waals surface area contributed by atoms with Crippen LogP contribution in [0, 0.1) is 12.7 Å². The minimum absolute atomic E-state index is 0.132. The molecule has 9 heteroatoms. The normalized spacial score (nSPS) is 16.2. The number of aromatic nitrogens is 1. The van der Waals surface area contributed by atoms with Crippen LogP contribution < -0.4 is 14.4 Å². The Bertz CT molecular complexity index is 1870. The maximum Gasteiger partial charge on any atom is 0.301 e. The molecule has 1 aliphatic heterocycles. The van der Waals surface area contributed by atoms with Gasteiger partial charge in [0.05, 0.1) is 28.4 Å². The largest absolute Gasteiger partial charge is 0.507 e. The number of carbonyl (C=O) groups excluding carboxylic acids is 2. The first kappa shape index (κ1) is 28.1. The highest BCUT2D eigenvalue weighted by atomic mass is 32.1. The summed E-state index contributed by atoms with van der Waals surface area (Å²) in [5.74, 6) is -1.70. The van der Waals surface area contributed by atoms with Crippen LogP contribution in [0.5, 0.6) is 11.5 Å². The lowest BCUT2D eigenvalue weighted by Crippen LogP contribution is -2.29. The van der Waals surface area contributed by atoms with Crippen LogP contribution in [0.2, 0.25) is 0 Å². The molecule has 0 radical (unpaired) electrons. The maximum atomic E-state index is 13.7. The summed E-state index contributed by atoms with van der Waals surface area (Å²) in [6.07, 6.45) is 0. The third-order valence-corrected chi connectivity index (χ3v) is 8.14. The van der Waals surface area contributed by atoms with Gasteiger partial charge in [-0.2, -0.15) is 0 Å². The topological polar surface area (TPSA) is 89.0 Å². The van der Waals surface area contributed by atoms with Crippen molar-refractivity contribution in [2.45, 2.75) is 26.5 Å². The van der Waals surface area contributed by atoms with Crippen molar-refractivity contribution in [2.75, 3.05) is 11.5 Å². The summed E-state index contributed by atoms with van der Waals surface area (Å²) in [5, 5.41) is 11.7. The fourth-order valence-corrected chi connectivity index (χ4v) is 6.14. The van der Waals surface area contributed by atoms with Crippen LogP contribution >= 0.6 is 11.3 Å². The summed E-state index contributed by atoms with van der Waals surface area (Å²) < 4.78 is 26.5. The molecule has 6 rings (SSSR count). The number of ketones is 1. The Labute approximate surface area is 251 Å². The van der Waals surface area contributed by atoms with Crippen LogP contribution in [0.25, 0.3) is 16.0 Å². The van der Waals surface area contributed by atoms with Crippen molar-refractivity contribution in [2.24, 2.45) is 0 Å². The van der Waals surface area contributed by atoms with E-state index in [9.17, 15) is 19.1 Å². The second-order valence-electron chi connectivity index (χ2n) is 10.1. The van der Waals surface area contributed by atoms with E-state index >= 15 is 0 Å². The molecule has 0 saturated carbocycles. The summed E-state index contributed by atoms with van der Waals surface area (Å²) in [5.41, 5.74) is 3.28. The molecule has 0 bridgehead atoms. The molecule has 1 N–H and O–H groups in total. The number of halogens is 1. The van der Waals surface area contributed by atoms with E-state index in [0.717, 1.165) is 15.8 Å². The maximum absolute atomic E-state index is 13.7. The monoisotopic (exact) mass is 594 g/mol. The van der Waals surface area contributed by atoms with Gasteiger partial charge in [0.1, 0.15) is 18.2 Å². The van der Waals surface area contributed by atoms with Gasteiger partial charge in [-0.3, -0.25) is 14.5 Å². The van der Waals surface area contributed by atoms with Crippen molar-refractivity contribution in [1.82, 2.24) is 4.98 Å². The second-order valence-corrected chi connectivity index (χ2v) is 11.1. The summed E-state index contributed by atoms with van der Waals surface area (Å²) in [6.45, 7) is 4.47. The van der Waals surface area contributed by atoms with Gasteiger partial charge in [-0.1, -0.05) is 53.8 Å². The van der Waals surface area contributed by atoms with Gasteiger partial charge in [-0.05, 0) is 79.1 Å². The van der Waals surface area contributed by atoms with Crippen molar-refractivity contribution in [3.63, 3.8) is 0 Å². The zero-order valence-electron chi connectivity index (χ0n) is 23.4. The Hall–Kier alpha value is -5.02. The van der Waals surface area contributed by atoms with Gasteiger partial charge in [0.25, 0.3) is 5.78 Å². The molecule has 1 aliphatic rings. The van der Waals surface area contributed by atoms with E-state index in [2.05, 4.69) is 4.98 Å². The highest BCUT2D eigenvalue weighted by Crippen LogP contribution is 2.46. The predicted molar refractivity (Wildman–Crippen MR) is 164 cm³/mol. The van der Waals surface area contributed by atoms with Crippen molar-refractivity contribution >= 4 is 44.1 Å². The second kappa shape index (κ2) is 11.7. The van der Waals surface area contributed by atoms with E-state index in [1.165, 1.54) is 40.5 Å². The van der Waals surface area contributed by atoms with Crippen LogP contribution in [0.1, 0.15) is 35.2 Å². The number of thiazole rings is 1. The molecule has 1 saturated heterocycles. The lowest BCUT2D eigenvalue weighted by molar-refractivity contribution is -0.132. The number of hydrogen-bond acceptors (Lipinski definition) is 7. The molecule has 1 aromatic heterocycles. The third-order valence-electron chi connectivity index (χ3n) is 7.12. The van der Waals surface area contributed by atoms with E-state index in [-0.39, 0.29) is 11.1 Å². The number of Topliss-reactive ketones (excluding diaryl/α,β-unsaturated/α-hetero) is 1. The number of hydrogen-bond donors (Lipinski definition) is 1. The van der Waals surface area contributed by atoms with E-state index in [1.807, 2.05) is 62.4 Å². The van der Waals surface area contributed by atoms with Gasteiger partial charge in [0.2, 0.25) is 0 Å². The number of fused-ring (bicyclic) bond motifs is 1. The van der Waals surface area contributed by atoms with Crippen molar-refractivity contribution in [1.29, 1.82) is 0 Å². The molecular formula is C34H27FN2O5S. The average Bonchev–Trinajstić information content (AvgIpc) is 3.54. The van der Waals surface area contributed by atoms with Crippen LogP contribution in [0.3, 0.4) is 0 Å². The lowest BCUT2D eigenvalue weighted by atomic mass is 9.95. The summed E-state index contributed by atoms with van der Waals surface area (Å²) in [7, 11) is 0. The summed E-state index contributed by atoms with van der Waals surface area (Å²) >= 11 is 1.28. The first-order valence-corrected chi connectivity index (χ1v) is 14.5. The van der Waals surface area contributed by atoms with Gasteiger partial charge in [-0.25, -0.2) is 9.37 Å². The zero-order valence-corrected chi connectivity index (χ0v) is 24.2. The van der Waals surface area contributed by atoms with Crippen molar-refractivity contribution < 1.29 is 28.6 Å². The first-order chi connectivity index (χ1) is 20.8. The Morgan fingerprint density at radius 1 is 0.953 bits per heavy atom. The van der Waals surface area contributed by atoms with Crippen LogP contribution in [-0.2, 0) is 16.2 Å². The van der Waals surface area contributed by atoms with Crippen LogP contribution in [0.15, 0.2) is 96.6 Å². The molecule has 1 atom stereocenters. The number of anilines is 1. The minimum atomic E-state index is -1.03. The number of aryl methyl sites for hydroxylation is 1. The number of aliphatic hydroxyl groups is 1. The summed E-state index contributed by atoms with van der Waals surface area (Å²) in [4.78, 5) is 33.2. The molecule has 7 nitrogen and oxygen atoms in total. The number of rotatable bonds is 8. The lowest BCUT2D eigenvalue weighted by Gasteiger charge is -2.24. The molecule has 43 heavy (non-hydrogen) atoms. The standard InChI is InChI=1S/C34H27FN2O5S/c1-3-41-27-18-23(12-16-26(27)42-19-21-7-5-4-6-8-21)30-29(31(38)22-10-13-24(35)14-11-22)32(39)33(40)37(30)34-36-25-15-9-20(2)17-28(25)43-34/h4-18,30,38H,3,19H2,1-2H3. The Morgan fingerprint density at radius 3 is 2.47 bits per heavy atom. The van der Waals surface area contributed by atoms with Crippen molar-refractivity contribution in [3.8, 4) is 11.5 Å². The fourth-order valence-electron chi connectivity index (χ4n) is 5.05. The highest BCUT2D eigenvalue weighted by Gasteiger charge is 2.48. The molecule has 4 aromatic carbocycles. The molecule has 2 heterocycles. The fraction of sp³-hybridized carbons (Fsp3) is 0.147. The van der Waals surface area contributed by atoms with Crippen LogP contribution in [0.4, 0.5) is 9.52 Å². The number of ether oxygens (including phenoxy) is 2. The van der Waals surface area contributed by atoms with Gasteiger partial charge in [0.15, 0.2) is 16.6 Å². The molecule has 1 amide bonds. The highest BCUT2D eigenvalue weighted by molar-refractivity contribution is 7.22. The number of amides is 1. The molecule has 1 unspecified atom stereocenters. The molecule has 0 spiro atoms. The quantitative estimate of drug-likeness (QED) is 0.115. The smallest absolute Gasteiger partial charge is 0.301 e. The number of aliphatic hydroxyl groups excluding tert-OH is 1. The SMILES string of the molecule is CCOc1cc(C2C(=C(O)c3ccc(F)cc3)C(=O)C(=O)N2c2nc3ccc(C)cc3s2)ccc1OCc1ccccc1. The molecule has 5 aromatic rings. The van der Waals surface area contributed by atoms with E-state index < -0.39 is 29.3 Å². The minimum Gasteiger partial charge on any atom is -0.507 e. The summed E-state index contributed by atoms with van der Waals surface area (Å²) in [6, 6.07) is 24.7. The van der Waals surface area contributed by atoms with Gasteiger partial charge >= 0.3 is 5.91 Å². The van der Waals surface area contributed by atoms with E-state index in [4.69, 9.17) is 9.47 Å². The van der Waals surface area contributed by atoms with E-state index in [0.29, 0.717) is 40.9 Å². The number of carbonyl (C=O) groups is 2.